The van der Waals surface area contributed by atoms with Gasteiger partial charge in [0, 0.05) is 8.95 Å². The molecule has 7 nitrogen and oxygen atoms in total. The third-order valence-corrected chi connectivity index (χ3v) is 5.76. The number of benzene rings is 1. The van der Waals surface area contributed by atoms with Crippen molar-refractivity contribution >= 4 is 53.8 Å². The Labute approximate surface area is 137 Å². The molecule has 0 fully saturated rings. The van der Waals surface area contributed by atoms with Gasteiger partial charge in [-0.1, -0.05) is 15.9 Å². The summed E-state index contributed by atoms with van der Waals surface area (Å²) in [4.78, 5) is 21.3. The monoisotopic (exact) mass is 443 g/mol. The summed E-state index contributed by atoms with van der Waals surface area (Å²) in [5.74, 6) is -2.99. The molecule has 0 amide bonds. The molecule has 3 N–H and O–H groups in total. The van der Waals surface area contributed by atoms with Gasteiger partial charge in [0.25, 0.3) is 0 Å². The minimum absolute atomic E-state index is 0.184. The smallest absolute Gasteiger partial charge is 0.322 e. The van der Waals surface area contributed by atoms with Gasteiger partial charge in [-0.05, 0) is 40.5 Å². The minimum Gasteiger partial charge on any atom is -0.481 e. The van der Waals surface area contributed by atoms with Crippen LogP contribution in [0.2, 0.25) is 0 Å². The molecule has 0 saturated carbocycles. The third-order valence-electron chi connectivity index (χ3n) is 2.48. The van der Waals surface area contributed by atoms with E-state index in [-0.39, 0.29) is 9.37 Å². The molecule has 116 valence electrons. The van der Waals surface area contributed by atoms with Crippen LogP contribution in [0.1, 0.15) is 12.0 Å². The number of sulfonamides is 1. The number of nitrogens with one attached hydrogen (secondary N) is 1. The van der Waals surface area contributed by atoms with Crippen molar-refractivity contribution in [1.82, 2.24) is 4.72 Å². The molecule has 10 heteroatoms. The van der Waals surface area contributed by atoms with Crippen molar-refractivity contribution in [1.29, 1.82) is 0 Å². The van der Waals surface area contributed by atoms with E-state index < -0.39 is 34.4 Å². The van der Waals surface area contributed by atoms with Crippen LogP contribution < -0.4 is 4.72 Å². The van der Waals surface area contributed by atoms with Crippen LogP contribution in [0.5, 0.6) is 0 Å². The van der Waals surface area contributed by atoms with Crippen LogP contribution in [0.3, 0.4) is 0 Å². The van der Waals surface area contributed by atoms with Crippen molar-refractivity contribution in [2.24, 2.45) is 0 Å². The quantitative estimate of drug-likeness (QED) is 0.614. The van der Waals surface area contributed by atoms with Gasteiger partial charge in [-0.15, -0.1) is 0 Å². The molecular weight excluding hydrogens is 434 g/mol. The number of carboxylic acid groups (broad SMARTS) is 2. The van der Waals surface area contributed by atoms with Crippen molar-refractivity contribution in [3.8, 4) is 0 Å². The molecule has 0 aliphatic rings. The van der Waals surface area contributed by atoms with Gasteiger partial charge in [-0.2, -0.15) is 4.72 Å². The maximum atomic E-state index is 12.2. The molecular formula is C11H11Br2NO6S. The van der Waals surface area contributed by atoms with Crippen molar-refractivity contribution in [3.63, 3.8) is 0 Å². The second-order valence-corrected chi connectivity index (χ2v) is 7.53. The largest absolute Gasteiger partial charge is 0.481 e. The van der Waals surface area contributed by atoms with Gasteiger partial charge >= 0.3 is 11.9 Å². The average Bonchev–Trinajstić information content (AvgIpc) is 2.31. The number of aryl methyl sites for hydroxylation is 1. The van der Waals surface area contributed by atoms with Gasteiger partial charge in [-0.3, -0.25) is 9.59 Å². The van der Waals surface area contributed by atoms with Gasteiger partial charge in [-0.25, -0.2) is 8.42 Å². The van der Waals surface area contributed by atoms with E-state index in [2.05, 4.69) is 31.9 Å². The highest BCUT2D eigenvalue weighted by Gasteiger charge is 2.29. The molecule has 1 atom stereocenters. The molecule has 0 saturated heterocycles. The molecule has 0 aliphatic carbocycles. The summed E-state index contributed by atoms with van der Waals surface area (Å²) >= 11 is 6.28. The highest BCUT2D eigenvalue weighted by molar-refractivity contribution is 9.11. The summed E-state index contributed by atoms with van der Waals surface area (Å²) in [5.41, 5.74) is 0.779. The average molecular weight is 445 g/mol. The minimum atomic E-state index is -4.19. The first-order valence-electron chi connectivity index (χ1n) is 5.47. The topological polar surface area (TPSA) is 121 Å². The highest BCUT2D eigenvalue weighted by atomic mass is 79.9. The number of carboxylic acids is 2. The Morgan fingerprint density at radius 1 is 1.24 bits per heavy atom. The molecule has 1 aromatic carbocycles. The van der Waals surface area contributed by atoms with Crippen LogP contribution in [0, 0.1) is 6.92 Å². The SMILES string of the molecule is Cc1cc(Br)c(S(=O)(=O)N[C@H](CC(=O)O)C(=O)O)cc1Br. The fraction of sp³-hybridized carbons (Fsp3) is 0.273. The number of halogens is 2. The zero-order chi connectivity index (χ0) is 16.4. The van der Waals surface area contributed by atoms with Crippen LogP contribution >= 0.6 is 31.9 Å². The molecule has 0 radical (unpaired) electrons. The van der Waals surface area contributed by atoms with E-state index in [9.17, 15) is 18.0 Å². The van der Waals surface area contributed by atoms with Gasteiger partial charge in [0.2, 0.25) is 10.0 Å². The fourth-order valence-electron chi connectivity index (χ4n) is 1.44. The first-order chi connectivity index (χ1) is 9.54. The lowest BCUT2D eigenvalue weighted by Gasteiger charge is -2.14. The first kappa shape index (κ1) is 18.1. The highest BCUT2D eigenvalue weighted by Crippen LogP contribution is 2.28. The number of hydrogen-bond donors (Lipinski definition) is 3. The lowest BCUT2D eigenvalue weighted by atomic mass is 10.2. The van der Waals surface area contributed by atoms with Crippen molar-refractivity contribution in [2.45, 2.75) is 24.3 Å². The van der Waals surface area contributed by atoms with E-state index >= 15 is 0 Å². The zero-order valence-corrected chi connectivity index (χ0v) is 14.6. The maximum absolute atomic E-state index is 12.2. The number of hydrogen-bond acceptors (Lipinski definition) is 4. The fourth-order valence-corrected chi connectivity index (χ4v) is 4.31. The summed E-state index contributed by atoms with van der Waals surface area (Å²) in [5, 5.41) is 17.5. The lowest BCUT2D eigenvalue weighted by molar-refractivity contribution is -0.145. The third kappa shape index (κ3) is 4.77. The van der Waals surface area contributed by atoms with E-state index in [0.717, 1.165) is 5.56 Å². The van der Waals surface area contributed by atoms with E-state index in [4.69, 9.17) is 10.2 Å². The summed E-state index contributed by atoms with van der Waals surface area (Å²) < 4.78 is 27.0. The van der Waals surface area contributed by atoms with E-state index in [1.54, 1.807) is 13.0 Å². The summed E-state index contributed by atoms with van der Waals surface area (Å²) in [6.07, 6.45) is -0.862. The van der Waals surface area contributed by atoms with Crippen molar-refractivity contribution in [2.75, 3.05) is 0 Å². The maximum Gasteiger partial charge on any atom is 0.322 e. The molecule has 21 heavy (non-hydrogen) atoms. The first-order valence-corrected chi connectivity index (χ1v) is 8.54. The molecule has 1 aromatic rings. The Hall–Kier alpha value is -0.970. The van der Waals surface area contributed by atoms with Crippen molar-refractivity contribution in [3.05, 3.63) is 26.6 Å². The van der Waals surface area contributed by atoms with Gasteiger partial charge in [0.05, 0.1) is 11.3 Å². The Balaban J connectivity index is 3.19. The normalized spacial score (nSPS) is 12.9. The molecule has 0 unspecified atom stereocenters. The molecule has 0 bridgehead atoms. The molecule has 0 aliphatic heterocycles. The lowest BCUT2D eigenvalue weighted by Crippen LogP contribution is -2.42. The van der Waals surface area contributed by atoms with Gasteiger partial charge < -0.3 is 10.2 Å². The second-order valence-electron chi connectivity index (χ2n) is 4.14. The standard InChI is InChI=1S/C11H11Br2NO6S/c1-5-2-7(13)9(3-6(5)12)21(19,20)14-8(11(17)18)4-10(15)16/h2-3,8,14H,4H2,1H3,(H,15,16)(H,17,18)/t8-/m1/s1. The number of rotatable bonds is 6. The van der Waals surface area contributed by atoms with Crippen LogP contribution in [-0.4, -0.2) is 36.6 Å². The van der Waals surface area contributed by atoms with E-state index in [1.807, 2.05) is 4.72 Å². The zero-order valence-electron chi connectivity index (χ0n) is 10.6. The molecule has 0 spiro atoms. The Bertz CT molecular complexity index is 688. The molecule has 0 heterocycles. The predicted molar refractivity (Wildman–Crippen MR) is 80.6 cm³/mol. The summed E-state index contributed by atoms with van der Waals surface area (Å²) in [7, 11) is -4.19. The second kappa shape index (κ2) is 6.86. The van der Waals surface area contributed by atoms with Crippen molar-refractivity contribution < 1.29 is 28.2 Å². The van der Waals surface area contributed by atoms with E-state index in [0.29, 0.717) is 4.47 Å². The van der Waals surface area contributed by atoms with Gasteiger partial charge in [0.1, 0.15) is 6.04 Å². The van der Waals surface area contributed by atoms with Crippen LogP contribution in [-0.2, 0) is 19.6 Å². The van der Waals surface area contributed by atoms with Gasteiger partial charge in [0.15, 0.2) is 0 Å². The van der Waals surface area contributed by atoms with E-state index in [1.165, 1.54) is 6.07 Å². The molecule has 1 rings (SSSR count). The number of aliphatic carboxylic acids is 2. The Morgan fingerprint density at radius 2 is 1.81 bits per heavy atom. The number of carbonyl (C=O) groups is 2. The summed E-state index contributed by atoms with van der Waals surface area (Å²) in [6, 6.07) is 1.10. The van der Waals surface area contributed by atoms with Crippen LogP contribution in [0.15, 0.2) is 26.0 Å². The molecule has 0 aromatic heterocycles. The Kier molecular flexibility index (Phi) is 5.91. The summed E-state index contributed by atoms with van der Waals surface area (Å²) in [6.45, 7) is 1.75. The predicted octanol–water partition coefficient (Wildman–Crippen LogP) is 1.73. The van der Waals surface area contributed by atoms with Crippen LogP contribution in [0.25, 0.3) is 0 Å². The Morgan fingerprint density at radius 3 is 2.29 bits per heavy atom. The van der Waals surface area contributed by atoms with Crippen LogP contribution in [0.4, 0.5) is 0 Å².